The molecule has 1 aromatic rings. The van der Waals surface area contributed by atoms with Crippen LogP contribution in [0, 0.1) is 5.92 Å². The van der Waals surface area contributed by atoms with Gasteiger partial charge in [0.05, 0.1) is 17.8 Å². The van der Waals surface area contributed by atoms with Gasteiger partial charge in [-0.1, -0.05) is 13.8 Å². The van der Waals surface area contributed by atoms with Crippen LogP contribution in [-0.2, 0) is 4.79 Å². The first-order chi connectivity index (χ1) is 7.95. The Morgan fingerprint density at radius 2 is 2.24 bits per heavy atom. The van der Waals surface area contributed by atoms with Gasteiger partial charge >= 0.3 is 5.97 Å². The van der Waals surface area contributed by atoms with Crippen LogP contribution in [0.5, 0.6) is 5.88 Å². The van der Waals surface area contributed by atoms with Crippen molar-refractivity contribution < 1.29 is 14.6 Å². The Morgan fingerprint density at radius 3 is 2.71 bits per heavy atom. The number of hydrogen-bond acceptors (Lipinski definition) is 5. The number of aromatic nitrogens is 2. The number of aliphatic carboxylic acids is 1. The molecule has 1 atom stereocenters. The molecule has 7 heteroatoms. The summed E-state index contributed by atoms with van der Waals surface area (Å²) < 4.78 is 5.62. The van der Waals surface area contributed by atoms with E-state index in [1.165, 1.54) is 13.3 Å². The molecule has 1 rings (SSSR count). The molecule has 0 bridgehead atoms. The molecule has 0 aliphatic carbocycles. The van der Waals surface area contributed by atoms with Crippen molar-refractivity contribution in [1.29, 1.82) is 0 Å². The van der Waals surface area contributed by atoms with E-state index in [0.29, 0.717) is 10.4 Å². The summed E-state index contributed by atoms with van der Waals surface area (Å²) >= 11 is 3.22. The maximum atomic E-state index is 11.0. The van der Waals surface area contributed by atoms with Crippen molar-refractivity contribution in [1.82, 2.24) is 9.97 Å². The van der Waals surface area contributed by atoms with Crippen molar-refractivity contribution in [3.8, 4) is 5.88 Å². The molecule has 6 nitrogen and oxygen atoms in total. The van der Waals surface area contributed by atoms with Crippen LogP contribution in [0.15, 0.2) is 10.7 Å². The zero-order valence-corrected chi connectivity index (χ0v) is 11.4. The minimum absolute atomic E-state index is 0.0780. The summed E-state index contributed by atoms with van der Waals surface area (Å²) in [6.45, 7) is 3.61. The lowest BCUT2D eigenvalue weighted by Crippen LogP contribution is -2.34. The van der Waals surface area contributed by atoms with E-state index in [2.05, 4.69) is 31.2 Å². The summed E-state index contributed by atoms with van der Waals surface area (Å²) in [6, 6.07) is -0.735. The molecule has 0 radical (unpaired) electrons. The number of nitrogens with zero attached hydrogens (tertiary/aromatic N) is 2. The molecule has 94 valence electrons. The van der Waals surface area contributed by atoms with Gasteiger partial charge in [0, 0.05) is 0 Å². The fourth-order valence-corrected chi connectivity index (χ4v) is 1.57. The van der Waals surface area contributed by atoms with E-state index in [9.17, 15) is 4.79 Å². The first-order valence-corrected chi connectivity index (χ1v) is 5.81. The van der Waals surface area contributed by atoms with Crippen molar-refractivity contribution >= 4 is 27.8 Å². The van der Waals surface area contributed by atoms with Crippen LogP contribution < -0.4 is 10.1 Å². The van der Waals surface area contributed by atoms with Crippen molar-refractivity contribution in [3.63, 3.8) is 0 Å². The highest BCUT2D eigenvalue weighted by Gasteiger charge is 2.22. The number of ether oxygens (including phenoxy) is 1. The predicted octanol–water partition coefficient (Wildman–Crippen LogP) is 1.77. The molecule has 0 aromatic carbocycles. The third-order valence-electron chi connectivity index (χ3n) is 2.12. The first kappa shape index (κ1) is 13.7. The Bertz CT molecular complexity index is 412. The van der Waals surface area contributed by atoms with Gasteiger partial charge in [-0.2, -0.15) is 4.98 Å². The normalized spacial score (nSPS) is 12.3. The number of rotatable bonds is 5. The number of anilines is 1. The SMILES string of the molecule is COc1nc(N[C@@H](C(=O)O)C(C)C)ncc1Br. The molecule has 0 saturated heterocycles. The molecule has 0 amide bonds. The van der Waals surface area contributed by atoms with Crippen LogP contribution in [0.4, 0.5) is 5.95 Å². The highest BCUT2D eigenvalue weighted by molar-refractivity contribution is 9.10. The van der Waals surface area contributed by atoms with E-state index in [1.54, 1.807) is 0 Å². The highest BCUT2D eigenvalue weighted by atomic mass is 79.9. The molecule has 1 aromatic heterocycles. The number of carbonyl (C=O) groups is 1. The fourth-order valence-electron chi connectivity index (χ4n) is 1.22. The average molecular weight is 304 g/mol. The van der Waals surface area contributed by atoms with Crippen molar-refractivity contribution in [2.45, 2.75) is 19.9 Å². The number of hydrogen-bond donors (Lipinski definition) is 2. The molecular formula is C10H14BrN3O3. The summed E-state index contributed by atoms with van der Waals surface area (Å²) in [5, 5.41) is 11.8. The fraction of sp³-hybridized carbons (Fsp3) is 0.500. The molecule has 0 aliphatic heterocycles. The van der Waals surface area contributed by atoms with Gasteiger partial charge in [-0.05, 0) is 21.8 Å². The molecule has 0 spiro atoms. The first-order valence-electron chi connectivity index (χ1n) is 5.01. The highest BCUT2D eigenvalue weighted by Crippen LogP contribution is 2.22. The topological polar surface area (TPSA) is 84.3 Å². The lowest BCUT2D eigenvalue weighted by molar-refractivity contribution is -0.138. The Balaban J connectivity index is 2.90. The molecule has 2 N–H and O–H groups in total. The average Bonchev–Trinajstić information content (AvgIpc) is 2.26. The van der Waals surface area contributed by atoms with E-state index in [4.69, 9.17) is 9.84 Å². The molecule has 1 heterocycles. The van der Waals surface area contributed by atoms with E-state index in [0.717, 1.165) is 0 Å². The Hall–Kier alpha value is -1.37. The van der Waals surface area contributed by atoms with Gasteiger partial charge in [0.25, 0.3) is 0 Å². The summed E-state index contributed by atoms with van der Waals surface area (Å²) in [6.07, 6.45) is 1.51. The van der Waals surface area contributed by atoms with Gasteiger partial charge in [-0.3, -0.25) is 0 Å². The van der Waals surface area contributed by atoms with Crippen LogP contribution in [0.25, 0.3) is 0 Å². The lowest BCUT2D eigenvalue weighted by Gasteiger charge is -2.17. The summed E-state index contributed by atoms with van der Waals surface area (Å²) in [5.74, 6) is -0.433. The van der Waals surface area contributed by atoms with E-state index < -0.39 is 12.0 Å². The van der Waals surface area contributed by atoms with Gasteiger partial charge < -0.3 is 15.2 Å². The molecule has 0 saturated carbocycles. The van der Waals surface area contributed by atoms with Crippen LogP contribution in [0.3, 0.4) is 0 Å². The maximum absolute atomic E-state index is 11.0. The number of carboxylic acids is 1. The van der Waals surface area contributed by atoms with Gasteiger partial charge in [0.1, 0.15) is 6.04 Å². The minimum atomic E-state index is -0.939. The number of carboxylic acid groups (broad SMARTS) is 1. The Labute approximate surface area is 108 Å². The summed E-state index contributed by atoms with van der Waals surface area (Å²) in [7, 11) is 1.48. The Morgan fingerprint density at radius 1 is 1.59 bits per heavy atom. The van der Waals surface area contributed by atoms with Gasteiger partial charge in [-0.15, -0.1) is 0 Å². The monoisotopic (exact) mass is 303 g/mol. The van der Waals surface area contributed by atoms with E-state index >= 15 is 0 Å². The molecule has 0 aliphatic rings. The number of halogens is 1. The molecule has 0 unspecified atom stereocenters. The zero-order valence-electron chi connectivity index (χ0n) is 9.77. The van der Waals surface area contributed by atoms with Gasteiger partial charge in [0.15, 0.2) is 0 Å². The number of methoxy groups -OCH3 is 1. The lowest BCUT2D eigenvalue weighted by atomic mass is 10.1. The summed E-state index contributed by atoms with van der Waals surface area (Å²) in [4.78, 5) is 19.0. The second-order valence-corrected chi connectivity index (χ2v) is 4.61. The maximum Gasteiger partial charge on any atom is 0.326 e. The standard InChI is InChI=1S/C10H14BrN3O3/c1-5(2)7(9(15)16)13-10-12-4-6(11)8(14-10)17-3/h4-5,7H,1-3H3,(H,15,16)(H,12,13,14)/t7-/m1/s1. The summed E-state index contributed by atoms with van der Waals surface area (Å²) in [5.41, 5.74) is 0. The van der Waals surface area contributed by atoms with Gasteiger partial charge in [0.2, 0.25) is 11.8 Å². The largest absolute Gasteiger partial charge is 0.480 e. The zero-order chi connectivity index (χ0) is 13.0. The third kappa shape index (κ3) is 3.55. The van der Waals surface area contributed by atoms with Crippen LogP contribution in [0.2, 0.25) is 0 Å². The molecular weight excluding hydrogens is 290 g/mol. The second kappa shape index (κ2) is 5.81. The van der Waals surface area contributed by atoms with Gasteiger partial charge in [-0.25, -0.2) is 9.78 Å². The van der Waals surface area contributed by atoms with Crippen LogP contribution in [-0.4, -0.2) is 34.2 Å². The van der Waals surface area contributed by atoms with Crippen molar-refractivity contribution in [3.05, 3.63) is 10.7 Å². The van der Waals surface area contributed by atoms with E-state index in [1.807, 2.05) is 13.8 Å². The van der Waals surface area contributed by atoms with E-state index in [-0.39, 0.29) is 11.9 Å². The van der Waals surface area contributed by atoms with Crippen molar-refractivity contribution in [2.24, 2.45) is 5.92 Å². The molecule has 0 fully saturated rings. The minimum Gasteiger partial charge on any atom is -0.480 e. The van der Waals surface area contributed by atoms with Crippen LogP contribution >= 0.6 is 15.9 Å². The second-order valence-electron chi connectivity index (χ2n) is 3.76. The predicted molar refractivity (Wildman–Crippen MR) is 66.2 cm³/mol. The Kier molecular flexibility index (Phi) is 4.68. The van der Waals surface area contributed by atoms with Crippen LogP contribution in [0.1, 0.15) is 13.8 Å². The van der Waals surface area contributed by atoms with Crippen molar-refractivity contribution in [2.75, 3.05) is 12.4 Å². The third-order valence-corrected chi connectivity index (χ3v) is 2.67. The molecule has 17 heavy (non-hydrogen) atoms. The quantitative estimate of drug-likeness (QED) is 0.862. The smallest absolute Gasteiger partial charge is 0.326 e. The number of nitrogens with one attached hydrogen (secondary N) is 1.